The van der Waals surface area contributed by atoms with Crippen molar-refractivity contribution in [3.8, 4) is 0 Å². The molecule has 3 rings (SSSR count). The van der Waals surface area contributed by atoms with Crippen LogP contribution in [0.15, 0.2) is 58.2 Å². The van der Waals surface area contributed by atoms with Crippen molar-refractivity contribution in [2.24, 2.45) is 0 Å². The average Bonchev–Trinajstić information content (AvgIpc) is 2.71. The highest BCUT2D eigenvalue weighted by atomic mass is 79.9. The molecule has 0 fully saturated rings. The number of allylic oxidation sites excluding steroid dienone is 1. The van der Waals surface area contributed by atoms with Gasteiger partial charge in [-0.15, -0.1) is 0 Å². The molecule has 1 unspecified atom stereocenters. The second-order valence-electron chi connectivity index (χ2n) is 7.20. The van der Waals surface area contributed by atoms with E-state index >= 15 is 0 Å². The highest BCUT2D eigenvalue weighted by molar-refractivity contribution is 9.10. The van der Waals surface area contributed by atoms with Crippen LogP contribution in [-0.4, -0.2) is 29.9 Å². The van der Waals surface area contributed by atoms with E-state index in [0.29, 0.717) is 35.6 Å². The van der Waals surface area contributed by atoms with Gasteiger partial charge in [0.1, 0.15) is 5.82 Å². The Labute approximate surface area is 184 Å². The van der Waals surface area contributed by atoms with Gasteiger partial charge >= 0.3 is 6.03 Å². The van der Waals surface area contributed by atoms with Crippen LogP contribution in [0.25, 0.3) is 0 Å². The number of urea groups is 1. The van der Waals surface area contributed by atoms with Gasteiger partial charge in [-0.3, -0.25) is 9.69 Å². The summed E-state index contributed by atoms with van der Waals surface area (Å²) >= 11 is 3.20. The molecular formula is C23H25BrFN3O2. The normalized spacial score (nSPS) is 16.5. The molecule has 7 heteroatoms. The van der Waals surface area contributed by atoms with Crippen molar-refractivity contribution in [3.63, 3.8) is 0 Å². The maximum absolute atomic E-state index is 13.8. The Balaban J connectivity index is 2.17. The fourth-order valence-corrected chi connectivity index (χ4v) is 4.04. The average molecular weight is 474 g/mol. The number of nitrogens with one attached hydrogen (secondary N) is 1. The molecule has 0 radical (unpaired) electrons. The number of nitrogens with zero attached hydrogens (tertiary/aromatic N) is 2. The third-order valence-corrected chi connectivity index (χ3v) is 5.94. The van der Waals surface area contributed by atoms with Crippen molar-refractivity contribution < 1.29 is 14.0 Å². The Bertz CT molecular complexity index is 1000. The van der Waals surface area contributed by atoms with E-state index in [2.05, 4.69) is 21.2 Å². The lowest BCUT2D eigenvalue weighted by molar-refractivity contribution is -0.127. The van der Waals surface area contributed by atoms with Gasteiger partial charge in [0.05, 0.1) is 21.8 Å². The van der Waals surface area contributed by atoms with Gasteiger partial charge in [-0.25, -0.2) is 9.18 Å². The van der Waals surface area contributed by atoms with Crippen molar-refractivity contribution >= 4 is 33.6 Å². The summed E-state index contributed by atoms with van der Waals surface area (Å²) in [6, 6.07) is 11.1. The lowest BCUT2D eigenvalue weighted by Gasteiger charge is -2.37. The Kier molecular flexibility index (Phi) is 6.61. The molecule has 1 N–H and O–H groups in total. The minimum Gasteiger partial charge on any atom is -0.339 e. The molecule has 0 saturated carbocycles. The smallest absolute Gasteiger partial charge is 0.326 e. The van der Waals surface area contributed by atoms with Crippen LogP contribution in [0.5, 0.6) is 0 Å². The van der Waals surface area contributed by atoms with Crippen LogP contribution >= 0.6 is 15.9 Å². The van der Waals surface area contributed by atoms with Gasteiger partial charge in [0.25, 0.3) is 5.91 Å². The van der Waals surface area contributed by atoms with Gasteiger partial charge in [-0.1, -0.05) is 23.8 Å². The van der Waals surface area contributed by atoms with E-state index < -0.39 is 11.9 Å². The second kappa shape index (κ2) is 9.00. The molecule has 1 heterocycles. The van der Waals surface area contributed by atoms with Gasteiger partial charge in [0.15, 0.2) is 0 Å². The van der Waals surface area contributed by atoms with Crippen LogP contribution in [0.2, 0.25) is 0 Å². The summed E-state index contributed by atoms with van der Waals surface area (Å²) < 4.78 is 14.1. The summed E-state index contributed by atoms with van der Waals surface area (Å²) in [4.78, 5) is 29.8. The molecule has 0 aliphatic carbocycles. The number of amides is 3. The molecule has 158 valence electrons. The Morgan fingerprint density at radius 2 is 1.77 bits per heavy atom. The molecule has 5 nitrogen and oxygen atoms in total. The molecule has 1 aliphatic rings. The van der Waals surface area contributed by atoms with Crippen LogP contribution < -0.4 is 10.2 Å². The zero-order valence-corrected chi connectivity index (χ0v) is 19.1. The van der Waals surface area contributed by atoms with Crippen molar-refractivity contribution in [2.45, 2.75) is 33.7 Å². The molecule has 0 aromatic heterocycles. The van der Waals surface area contributed by atoms with Gasteiger partial charge in [0, 0.05) is 18.8 Å². The number of aryl methyl sites for hydroxylation is 1. The predicted molar refractivity (Wildman–Crippen MR) is 120 cm³/mol. The molecule has 1 atom stereocenters. The number of likely N-dealkylation sites (N-methyl/N-ethyl adjacent to an activating group) is 1. The standard InChI is InChI=1S/C23H25BrFN3O2/c1-5-27(6-2)22(29)20-15(4)28(17-10-7-14(3)8-11-17)23(30)26-21(20)16-9-12-19(25)18(24)13-16/h7-13,21H,5-6H2,1-4H3,(H,26,30). The first kappa shape index (κ1) is 22.0. The number of halogens is 2. The number of hydrogen-bond acceptors (Lipinski definition) is 2. The van der Waals surface area contributed by atoms with Gasteiger partial charge in [0.2, 0.25) is 0 Å². The maximum Gasteiger partial charge on any atom is 0.326 e. The highest BCUT2D eigenvalue weighted by Gasteiger charge is 2.37. The fourth-order valence-electron chi connectivity index (χ4n) is 3.65. The largest absolute Gasteiger partial charge is 0.339 e. The van der Waals surface area contributed by atoms with Gasteiger partial charge < -0.3 is 10.2 Å². The van der Waals surface area contributed by atoms with Crippen molar-refractivity contribution in [1.82, 2.24) is 10.2 Å². The molecule has 30 heavy (non-hydrogen) atoms. The van der Waals surface area contributed by atoms with Crippen molar-refractivity contribution in [3.05, 3.63) is 75.2 Å². The van der Waals surface area contributed by atoms with Crippen LogP contribution in [0, 0.1) is 12.7 Å². The SMILES string of the molecule is CCN(CC)C(=O)C1=C(C)N(c2ccc(C)cc2)C(=O)NC1c1ccc(F)c(Br)c1. The number of benzene rings is 2. The minimum absolute atomic E-state index is 0.153. The Morgan fingerprint density at radius 3 is 2.33 bits per heavy atom. The summed E-state index contributed by atoms with van der Waals surface area (Å²) in [6.45, 7) is 8.68. The number of anilines is 1. The molecule has 1 aliphatic heterocycles. The fraction of sp³-hybridized carbons (Fsp3) is 0.304. The van der Waals surface area contributed by atoms with Gasteiger partial charge in [-0.05, 0) is 73.5 Å². The first-order valence-corrected chi connectivity index (χ1v) is 10.7. The van der Waals surface area contributed by atoms with E-state index in [-0.39, 0.29) is 16.4 Å². The topological polar surface area (TPSA) is 52.7 Å². The lowest BCUT2D eigenvalue weighted by atomic mass is 9.93. The van der Waals surface area contributed by atoms with Gasteiger partial charge in [-0.2, -0.15) is 0 Å². The lowest BCUT2D eigenvalue weighted by Crippen LogP contribution is -2.50. The number of carbonyl (C=O) groups is 2. The second-order valence-corrected chi connectivity index (χ2v) is 8.06. The first-order chi connectivity index (χ1) is 14.3. The summed E-state index contributed by atoms with van der Waals surface area (Å²) in [6.07, 6.45) is 0. The van der Waals surface area contributed by atoms with E-state index in [4.69, 9.17) is 0 Å². The summed E-state index contributed by atoms with van der Waals surface area (Å²) in [5, 5.41) is 2.95. The molecule has 2 aromatic carbocycles. The molecule has 2 aromatic rings. The molecule has 3 amide bonds. The number of hydrogen-bond donors (Lipinski definition) is 1. The van der Waals surface area contributed by atoms with Crippen LogP contribution in [-0.2, 0) is 4.79 Å². The zero-order chi connectivity index (χ0) is 22.0. The van der Waals surface area contributed by atoms with E-state index in [1.54, 1.807) is 24.0 Å². The maximum atomic E-state index is 13.8. The molecule has 0 bridgehead atoms. The van der Waals surface area contributed by atoms with Crippen LogP contribution in [0.1, 0.15) is 37.9 Å². The van der Waals surface area contributed by atoms with E-state index in [9.17, 15) is 14.0 Å². The van der Waals surface area contributed by atoms with E-state index in [1.807, 2.05) is 45.0 Å². The highest BCUT2D eigenvalue weighted by Crippen LogP contribution is 2.35. The molecule has 0 spiro atoms. The van der Waals surface area contributed by atoms with E-state index in [1.165, 1.54) is 11.0 Å². The third kappa shape index (κ3) is 4.12. The molecule has 0 saturated heterocycles. The Hall–Kier alpha value is -2.67. The summed E-state index contributed by atoms with van der Waals surface area (Å²) in [7, 11) is 0. The Morgan fingerprint density at radius 1 is 1.13 bits per heavy atom. The van der Waals surface area contributed by atoms with Crippen LogP contribution in [0.4, 0.5) is 14.9 Å². The van der Waals surface area contributed by atoms with Crippen molar-refractivity contribution in [1.29, 1.82) is 0 Å². The summed E-state index contributed by atoms with van der Waals surface area (Å²) in [5.41, 5.74) is 3.42. The minimum atomic E-state index is -0.677. The zero-order valence-electron chi connectivity index (χ0n) is 17.5. The molecular weight excluding hydrogens is 449 g/mol. The third-order valence-electron chi connectivity index (χ3n) is 5.34. The van der Waals surface area contributed by atoms with E-state index in [0.717, 1.165) is 5.56 Å². The monoisotopic (exact) mass is 473 g/mol. The number of carbonyl (C=O) groups excluding carboxylic acids is 2. The summed E-state index contributed by atoms with van der Waals surface area (Å²) in [5.74, 6) is -0.556. The predicted octanol–water partition coefficient (Wildman–Crippen LogP) is 5.31. The van der Waals surface area contributed by atoms with Crippen molar-refractivity contribution in [2.75, 3.05) is 18.0 Å². The van der Waals surface area contributed by atoms with Crippen LogP contribution in [0.3, 0.4) is 0 Å². The number of rotatable bonds is 5. The quantitative estimate of drug-likeness (QED) is 0.639. The first-order valence-electron chi connectivity index (χ1n) is 9.90.